The van der Waals surface area contributed by atoms with E-state index in [4.69, 9.17) is 4.74 Å². The highest BCUT2D eigenvalue weighted by atomic mass is 16.5. The molecule has 1 amide bonds. The Morgan fingerprint density at radius 1 is 1.04 bits per heavy atom. The standard InChI is InChI=1S/C23H30N2O2/c1-17(2)21(25-14-8-9-15-25)16-24-23(26)20-12-5-4-10-18(20)19-11-6-7-13-22(19)27-3/h4-7,10-13,17,21H,8-9,14-16H2,1-3H3,(H,24,26)/t21-/m0/s1. The molecular formula is C23H30N2O2. The monoisotopic (exact) mass is 366 g/mol. The van der Waals surface area contributed by atoms with Crippen molar-refractivity contribution in [3.05, 3.63) is 54.1 Å². The predicted octanol–water partition coefficient (Wildman–Crippen LogP) is 4.21. The fourth-order valence-corrected chi connectivity index (χ4v) is 3.94. The molecule has 3 rings (SSSR count). The van der Waals surface area contributed by atoms with Crippen molar-refractivity contribution in [1.29, 1.82) is 0 Å². The third-order valence-corrected chi connectivity index (χ3v) is 5.42. The highest BCUT2D eigenvalue weighted by Crippen LogP contribution is 2.32. The molecule has 144 valence electrons. The molecule has 0 saturated carbocycles. The van der Waals surface area contributed by atoms with Gasteiger partial charge in [-0.25, -0.2) is 0 Å². The zero-order chi connectivity index (χ0) is 19.2. The zero-order valence-corrected chi connectivity index (χ0v) is 16.6. The molecule has 0 spiro atoms. The van der Waals surface area contributed by atoms with Crippen molar-refractivity contribution in [2.24, 2.45) is 5.92 Å². The summed E-state index contributed by atoms with van der Waals surface area (Å²) in [4.78, 5) is 15.5. The van der Waals surface area contributed by atoms with Crippen LogP contribution in [0.2, 0.25) is 0 Å². The van der Waals surface area contributed by atoms with Crippen molar-refractivity contribution in [3.8, 4) is 16.9 Å². The lowest BCUT2D eigenvalue weighted by Crippen LogP contribution is -2.45. The summed E-state index contributed by atoms with van der Waals surface area (Å²) in [6, 6.07) is 15.9. The lowest BCUT2D eigenvalue weighted by Gasteiger charge is -2.31. The first-order valence-corrected chi connectivity index (χ1v) is 9.86. The number of para-hydroxylation sites is 1. The minimum atomic E-state index is -0.0265. The Bertz CT molecular complexity index is 766. The first kappa shape index (κ1) is 19.4. The molecule has 0 aromatic heterocycles. The third-order valence-electron chi connectivity index (χ3n) is 5.42. The fraction of sp³-hybridized carbons (Fsp3) is 0.435. The van der Waals surface area contributed by atoms with Crippen molar-refractivity contribution in [2.75, 3.05) is 26.7 Å². The number of hydrogen-bond acceptors (Lipinski definition) is 3. The molecule has 0 radical (unpaired) electrons. The summed E-state index contributed by atoms with van der Waals surface area (Å²) in [6.45, 7) is 7.42. The van der Waals surface area contributed by atoms with Crippen LogP contribution in [0, 0.1) is 5.92 Å². The molecule has 0 aliphatic carbocycles. The van der Waals surface area contributed by atoms with Crippen LogP contribution in [0.3, 0.4) is 0 Å². The van der Waals surface area contributed by atoms with Crippen LogP contribution in [0.15, 0.2) is 48.5 Å². The van der Waals surface area contributed by atoms with E-state index in [0.717, 1.165) is 30.0 Å². The molecule has 1 fully saturated rings. The van der Waals surface area contributed by atoms with Gasteiger partial charge >= 0.3 is 0 Å². The van der Waals surface area contributed by atoms with E-state index in [1.165, 1.54) is 12.8 Å². The lowest BCUT2D eigenvalue weighted by molar-refractivity contribution is 0.0928. The van der Waals surface area contributed by atoms with Crippen LogP contribution in [-0.4, -0.2) is 43.6 Å². The van der Waals surface area contributed by atoms with E-state index < -0.39 is 0 Å². The van der Waals surface area contributed by atoms with Crippen molar-refractivity contribution in [2.45, 2.75) is 32.7 Å². The van der Waals surface area contributed by atoms with Crippen molar-refractivity contribution >= 4 is 5.91 Å². The Hall–Kier alpha value is -2.33. The molecule has 1 N–H and O–H groups in total. The van der Waals surface area contributed by atoms with Crippen LogP contribution >= 0.6 is 0 Å². The topological polar surface area (TPSA) is 41.6 Å². The summed E-state index contributed by atoms with van der Waals surface area (Å²) in [5, 5.41) is 3.18. The predicted molar refractivity (Wildman–Crippen MR) is 110 cm³/mol. The van der Waals surface area contributed by atoms with Crippen molar-refractivity contribution in [1.82, 2.24) is 10.2 Å². The minimum absolute atomic E-state index is 0.0265. The first-order chi connectivity index (χ1) is 13.1. The van der Waals surface area contributed by atoms with Crippen LogP contribution in [0.4, 0.5) is 0 Å². The first-order valence-electron chi connectivity index (χ1n) is 9.86. The van der Waals surface area contributed by atoms with Gasteiger partial charge in [0.25, 0.3) is 5.91 Å². The van der Waals surface area contributed by atoms with Gasteiger partial charge < -0.3 is 10.1 Å². The van der Waals surface area contributed by atoms with E-state index in [0.29, 0.717) is 24.1 Å². The number of methoxy groups -OCH3 is 1. The van der Waals surface area contributed by atoms with Gasteiger partial charge in [0, 0.05) is 23.7 Å². The zero-order valence-electron chi connectivity index (χ0n) is 16.6. The Balaban J connectivity index is 1.79. The van der Waals surface area contributed by atoms with Gasteiger partial charge in [0.15, 0.2) is 0 Å². The second kappa shape index (κ2) is 9.05. The van der Waals surface area contributed by atoms with Crippen molar-refractivity contribution < 1.29 is 9.53 Å². The van der Waals surface area contributed by atoms with Gasteiger partial charge in [0.1, 0.15) is 5.75 Å². The normalized spacial score (nSPS) is 15.7. The van der Waals surface area contributed by atoms with Gasteiger partial charge in [-0.05, 0) is 49.5 Å². The summed E-state index contributed by atoms with van der Waals surface area (Å²) in [6.07, 6.45) is 2.52. The fourth-order valence-electron chi connectivity index (χ4n) is 3.94. The van der Waals surface area contributed by atoms with Crippen LogP contribution in [-0.2, 0) is 0 Å². The van der Waals surface area contributed by atoms with E-state index in [1.807, 2.05) is 48.5 Å². The minimum Gasteiger partial charge on any atom is -0.496 e. The molecule has 0 bridgehead atoms. The van der Waals surface area contributed by atoms with Gasteiger partial charge in [-0.15, -0.1) is 0 Å². The second-order valence-electron chi connectivity index (χ2n) is 7.51. The van der Waals surface area contributed by atoms with E-state index in [2.05, 4.69) is 24.1 Å². The van der Waals surface area contributed by atoms with Gasteiger partial charge in [0.05, 0.1) is 7.11 Å². The molecular weight excluding hydrogens is 336 g/mol. The molecule has 2 aromatic carbocycles. The SMILES string of the molecule is COc1ccccc1-c1ccccc1C(=O)NC[C@@H](C(C)C)N1CCCC1. The largest absolute Gasteiger partial charge is 0.496 e. The molecule has 2 aromatic rings. The van der Waals surface area contributed by atoms with Gasteiger partial charge in [-0.1, -0.05) is 50.2 Å². The van der Waals surface area contributed by atoms with Crippen LogP contribution < -0.4 is 10.1 Å². The van der Waals surface area contributed by atoms with Gasteiger partial charge in [-0.3, -0.25) is 9.69 Å². The number of carbonyl (C=O) groups is 1. The van der Waals surface area contributed by atoms with Crippen LogP contribution in [0.5, 0.6) is 5.75 Å². The average molecular weight is 367 g/mol. The molecule has 1 saturated heterocycles. The Morgan fingerprint density at radius 2 is 1.67 bits per heavy atom. The Labute approximate surface area is 162 Å². The summed E-state index contributed by atoms with van der Waals surface area (Å²) in [7, 11) is 1.66. The second-order valence-corrected chi connectivity index (χ2v) is 7.51. The number of rotatable bonds is 7. The summed E-state index contributed by atoms with van der Waals surface area (Å²) >= 11 is 0. The van der Waals surface area contributed by atoms with Crippen LogP contribution in [0.25, 0.3) is 11.1 Å². The Kier molecular flexibility index (Phi) is 6.51. The molecule has 1 atom stereocenters. The van der Waals surface area contributed by atoms with Crippen molar-refractivity contribution in [3.63, 3.8) is 0 Å². The van der Waals surface area contributed by atoms with Crippen LogP contribution in [0.1, 0.15) is 37.0 Å². The molecule has 4 nitrogen and oxygen atoms in total. The Morgan fingerprint density at radius 3 is 2.33 bits per heavy atom. The quantitative estimate of drug-likeness (QED) is 0.798. The van der Waals surface area contributed by atoms with E-state index in [9.17, 15) is 4.79 Å². The van der Waals surface area contributed by atoms with E-state index >= 15 is 0 Å². The number of carbonyl (C=O) groups excluding carboxylic acids is 1. The number of nitrogens with one attached hydrogen (secondary N) is 1. The highest BCUT2D eigenvalue weighted by Gasteiger charge is 2.25. The average Bonchev–Trinajstić information content (AvgIpc) is 3.22. The summed E-state index contributed by atoms with van der Waals surface area (Å²) < 4.78 is 5.49. The molecule has 1 aliphatic rings. The molecule has 4 heteroatoms. The smallest absolute Gasteiger partial charge is 0.251 e. The summed E-state index contributed by atoms with van der Waals surface area (Å²) in [5.41, 5.74) is 2.52. The highest BCUT2D eigenvalue weighted by molar-refractivity contribution is 6.01. The number of amides is 1. The molecule has 1 aliphatic heterocycles. The molecule has 0 unspecified atom stereocenters. The van der Waals surface area contributed by atoms with Gasteiger partial charge in [0.2, 0.25) is 0 Å². The number of ether oxygens (including phenoxy) is 1. The molecule has 1 heterocycles. The summed E-state index contributed by atoms with van der Waals surface area (Å²) in [5.74, 6) is 1.25. The number of nitrogens with zero attached hydrogens (tertiary/aromatic N) is 1. The number of likely N-dealkylation sites (tertiary alicyclic amines) is 1. The molecule has 27 heavy (non-hydrogen) atoms. The third kappa shape index (κ3) is 4.51. The maximum atomic E-state index is 13.0. The van der Waals surface area contributed by atoms with Gasteiger partial charge in [-0.2, -0.15) is 0 Å². The van der Waals surface area contributed by atoms with E-state index in [-0.39, 0.29) is 5.91 Å². The maximum absolute atomic E-state index is 13.0. The number of hydrogen-bond donors (Lipinski definition) is 1. The lowest BCUT2D eigenvalue weighted by atomic mass is 9.98. The number of benzene rings is 2. The maximum Gasteiger partial charge on any atom is 0.251 e. The van der Waals surface area contributed by atoms with E-state index in [1.54, 1.807) is 7.11 Å².